The topological polar surface area (TPSA) is 69.7 Å². The molecule has 2 heterocycles. The van der Waals surface area contributed by atoms with E-state index in [-0.39, 0.29) is 11.7 Å². The molecule has 2 rings (SSSR count). The zero-order valence-electron chi connectivity index (χ0n) is 12.2. The molecule has 20 heavy (non-hydrogen) atoms. The van der Waals surface area contributed by atoms with Gasteiger partial charge in [0.25, 0.3) is 0 Å². The molecule has 0 aromatic heterocycles. The summed E-state index contributed by atoms with van der Waals surface area (Å²) in [7, 11) is -3.16. The largest absolute Gasteiger partial charge is 0.340 e. The van der Waals surface area contributed by atoms with Gasteiger partial charge in [-0.1, -0.05) is 0 Å². The molecule has 0 aromatic rings. The summed E-state index contributed by atoms with van der Waals surface area (Å²) in [5, 5.41) is 3.29. The van der Waals surface area contributed by atoms with Crippen LogP contribution in [-0.4, -0.2) is 68.6 Å². The number of hydrogen-bond acceptors (Lipinski definition) is 4. The minimum absolute atomic E-state index is 0.0248. The Morgan fingerprint density at radius 1 is 1.15 bits per heavy atom. The van der Waals surface area contributed by atoms with Crippen LogP contribution >= 0.6 is 0 Å². The first-order valence-electron chi connectivity index (χ1n) is 7.43. The van der Waals surface area contributed by atoms with Crippen LogP contribution in [0, 0.1) is 5.92 Å². The van der Waals surface area contributed by atoms with E-state index in [1.807, 2.05) is 0 Å². The van der Waals surface area contributed by atoms with Gasteiger partial charge >= 0.3 is 0 Å². The third-order valence-electron chi connectivity index (χ3n) is 4.32. The van der Waals surface area contributed by atoms with Gasteiger partial charge < -0.3 is 10.2 Å². The van der Waals surface area contributed by atoms with Crippen molar-refractivity contribution in [2.75, 3.05) is 45.0 Å². The van der Waals surface area contributed by atoms with Crippen molar-refractivity contribution in [3.8, 4) is 0 Å². The molecule has 0 bridgehead atoms. The van der Waals surface area contributed by atoms with E-state index in [9.17, 15) is 13.2 Å². The number of nitrogens with one attached hydrogen (secondary N) is 1. The van der Waals surface area contributed by atoms with Crippen molar-refractivity contribution in [3.05, 3.63) is 0 Å². The van der Waals surface area contributed by atoms with Gasteiger partial charge in [0, 0.05) is 33.1 Å². The zero-order chi connectivity index (χ0) is 14.6. The number of nitrogens with zero attached hydrogens (tertiary/aromatic N) is 2. The summed E-state index contributed by atoms with van der Waals surface area (Å²) in [6, 6.07) is 0. The molecule has 2 aliphatic heterocycles. The molecule has 2 saturated heterocycles. The van der Waals surface area contributed by atoms with E-state index in [1.54, 1.807) is 9.21 Å². The van der Waals surface area contributed by atoms with Crippen LogP contribution in [0.1, 0.15) is 26.2 Å². The highest BCUT2D eigenvalue weighted by atomic mass is 32.2. The Hall–Kier alpha value is -0.660. The first kappa shape index (κ1) is 15.7. The lowest BCUT2D eigenvalue weighted by atomic mass is 9.96. The van der Waals surface area contributed by atoms with Gasteiger partial charge in [-0.25, -0.2) is 8.42 Å². The van der Waals surface area contributed by atoms with Crippen molar-refractivity contribution in [3.63, 3.8) is 0 Å². The summed E-state index contributed by atoms with van der Waals surface area (Å²) in [6.45, 7) is 5.44. The van der Waals surface area contributed by atoms with Crippen LogP contribution in [0.4, 0.5) is 0 Å². The second-order valence-electron chi connectivity index (χ2n) is 5.70. The first-order chi connectivity index (χ1) is 9.49. The Morgan fingerprint density at radius 3 is 2.30 bits per heavy atom. The van der Waals surface area contributed by atoms with Crippen molar-refractivity contribution in [1.29, 1.82) is 0 Å². The van der Waals surface area contributed by atoms with E-state index in [2.05, 4.69) is 5.32 Å². The number of carbonyl (C=O) groups is 1. The molecular formula is C13H25N3O3S. The third-order valence-corrected chi connectivity index (χ3v) is 6.22. The van der Waals surface area contributed by atoms with Crippen LogP contribution in [0.25, 0.3) is 0 Å². The highest BCUT2D eigenvalue weighted by Crippen LogP contribution is 2.18. The summed E-state index contributed by atoms with van der Waals surface area (Å²) < 4.78 is 26.2. The number of piperazine rings is 1. The molecule has 0 unspecified atom stereocenters. The van der Waals surface area contributed by atoms with Gasteiger partial charge in [0.05, 0.1) is 5.75 Å². The highest BCUT2D eigenvalue weighted by molar-refractivity contribution is 7.89. The van der Waals surface area contributed by atoms with Crippen molar-refractivity contribution in [1.82, 2.24) is 14.5 Å². The van der Waals surface area contributed by atoms with Gasteiger partial charge in [0.2, 0.25) is 15.9 Å². The van der Waals surface area contributed by atoms with Gasteiger partial charge in [-0.05, 0) is 38.3 Å². The number of rotatable bonds is 4. The second kappa shape index (κ2) is 6.87. The van der Waals surface area contributed by atoms with Crippen molar-refractivity contribution in [2.24, 2.45) is 5.92 Å². The van der Waals surface area contributed by atoms with E-state index in [0.717, 1.165) is 32.4 Å². The van der Waals surface area contributed by atoms with Crippen LogP contribution in [0.2, 0.25) is 0 Å². The maximum absolute atomic E-state index is 12.3. The smallest absolute Gasteiger partial charge is 0.219 e. The predicted molar refractivity (Wildman–Crippen MR) is 77.8 cm³/mol. The zero-order valence-corrected chi connectivity index (χ0v) is 13.0. The molecule has 0 radical (unpaired) electrons. The fourth-order valence-electron chi connectivity index (χ4n) is 2.90. The summed E-state index contributed by atoms with van der Waals surface area (Å²) in [6.07, 6.45) is 2.91. The highest BCUT2D eigenvalue weighted by Gasteiger charge is 2.28. The average molecular weight is 303 g/mol. The normalized spacial score (nSPS) is 22.9. The number of piperidine rings is 1. The number of amides is 1. The molecule has 2 aliphatic rings. The van der Waals surface area contributed by atoms with Crippen molar-refractivity contribution >= 4 is 15.9 Å². The molecule has 1 amide bonds. The molecule has 0 spiro atoms. The van der Waals surface area contributed by atoms with E-state index < -0.39 is 10.0 Å². The third kappa shape index (κ3) is 4.17. The molecule has 116 valence electrons. The molecule has 0 saturated carbocycles. The molecule has 2 fully saturated rings. The van der Waals surface area contributed by atoms with Gasteiger partial charge in [-0.3, -0.25) is 4.79 Å². The summed E-state index contributed by atoms with van der Waals surface area (Å²) in [5.74, 6) is 0.805. The lowest BCUT2D eigenvalue weighted by Gasteiger charge is -2.33. The minimum atomic E-state index is -3.16. The lowest BCUT2D eigenvalue weighted by Crippen LogP contribution is -2.50. The summed E-state index contributed by atoms with van der Waals surface area (Å²) >= 11 is 0. The fraction of sp³-hybridized carbons (Fsp3) is 0.923. The van der Waals surface area contributed by atoms with E-state index in [4.69, 9.17) is 0 Å². The number of sulfonamides is 1. The predicted octanol–water partition coefficient (Wildman–Crippen LogP) is -0.130. The Balaban J connectivity index is 1.80. The Morgan fingerprint density at radius 2 is 1.75 bits per heavy atom. The van der Waals surface area contributed by atoms with Crippen LogP contribution in [0.15, 0.2) is 0 Å². The van der Waals surface area contributed by atoms with Gasteiger partial charge in [0.1, 0.15) is 0 Å². The number of carbonyl (C=O) groups excluding carboxylic acids is 1. The van der Waals surface area contributed by atoms with Crippen LogP contribution in [0.5, 0.6) is 0 Å². The van der Waals surface area contributed by atoms with E-state index in [0.29, 0.717) is 32.1 Å². The summed E-state index contributed by atoms with van der Waals surface area (Å²) in [4.78, 5) is 12.9. The maximum Gasteiger partial charge on any atom is 0.219 e. The second-order valence-corrected chi connectivity index (χ2v) is 7.79. The molecule has 6 nitrogen and oxygen atoms in total. The lowest BCUT2D eigenvalue weighted by molar-refractivity contribution is -0.129. The van der Waals surface area contributed by atoms with Crippen LogP contribution < -0.4 is 5.32 Å². The van der Waals surface area contributed by atoms with Gasteiger partial charge in [0.15, 0.2) is 0 Å². The molecule has 0 atom stereocenters. The molecule has 1 N–H and O–H groups in total. The average Bonchev–Trinajstić information content (AvgIpc) is 2.46. The SMILES string of the molecule is CC(=O)N1CCN(S(=O)(=O)CCC2CCNCC2)CC1. The van der Waals surface area contributed by atoms with E-state index >= 15 is 0 Å². The van der Waals surface area contributed by atoms with Crippen LogP contribution in [0.3, 0.4) is 0 Å². The first-order valence-corrected chi connectivity index (χ1v) is 9.04. The van der Waals surface area contributed by atoms with Gasteiger partial charge in [-0.2, -0.15) is 4.31 Å². The molecule has 0 aliphatic carbocycles. The summed E-state index contributed by atoms with van der Waals surface area (Å²) in [5.41, 5.74) is 0. The Labute approximate surface area is 121 Å². The maximum atomic E-state index is 12.3. The Bertz CT molecular complexity index is 424. The standard InChI is InChI=1S/C13H25N3O3S/c1-12(17)15-7-9-16(10-8-15)20(18,19)11-4-13-2-5-14-6-3-13/h13-14H,2-11H2,1H3. The van der Waals surface area contributed by atoms with Crippen molar-refractivity contribution < 1.29 is 13.2 Å². The Kier molecular flexibility index (Phi) is 5.40. The monoisotopic (exact) mass is 303 g/mol. The van der Waals surface area contributed by atoms with Gasteiger partial charge in [-0.15, -0.1) is 0 Å². The minimum Gasteiger partial charge on any atom is -0.340 e. The molecule has 0 aromatic carbocycles. The van der Waals surface area contributed by atoms with E-state index in [1.165, 1.54) is 6.92 Å². The van der Waals surface area contributed by atoms with Crippen LogP contribution in [-0.2, 0) is 14.8 Å². The number of hydrogen-bond donors (Lipinski definition) is 1. The molecule has 7 heteroatoms. The van der Waals surface area contributed by atoms with Crippen molar-refractivity contribution in [2.45, 2.75) is 26.2 Å². The molecular weight excluding hydrogens is 278 g/mol. The fourth-order valence-corrected chi connectivity index (χ4v) is 4.51. The quantitative estimate of drug-likeness (QED) is 0.785.